The van der Waals surface area contributed by atoms with Crippen LogP contribution in [-0.4, -0.2) is 26.3 Å². The van der Waals surface area contributed by atoms with Gasteiger partial charge in [0.25, 0.3) is 0 Å². The monoisotopic (exact) mass is 227 g/mol. The molecule has 0 fully saturated rings. The van der Waals surface area contributed by atoms with Gasteiger partial charge in [-0.15, -0.1) is 0 Å². The van der Waals surface area contributed by atoms with Gasteiger partial charge in [-0.1, -0.05) is 6.92 Å². The first kappa shape index (κ1) is 12.7. The molecule has 0 spiro atoms. The van der Waals surface area contributed by atoms with E-state index < -0.39 is 0 Å². The lowest BCUT2D eigenvalue weighted by Gasteiger charge is -2.16. The molecule has 0 bridgehead atoms. The van der Waals surface area contributed by atoms with Crippen LogP contribution in [0.1, 0.15) is 25.3 Å². The van der Waals surface area contributed by atoms with Gasteiger partial charge in [0.15, 0.2) is 0 Å². The molecule has 1 N–H and O–H groups in total. The molecule has 1 atom stereocenters. The van der Waals surface area contributed by atoms with Crippen LogP contribution in [0.5, 0.6) is 0 Å². The highest BCUT2D eigenvalue weighted by Gasteiger charge is 2.07. The van der Waals surface area contributed by atoms with Crippen LogP contribution >= 0.6 is 11.3 Å². The van der Waals surface area contributed by atoms with Crippen molar-refractivity contribution in [1.82, 2.24) is 5.32 Å². The van der Waals surface area contributed by atoms with Crippen molar-refractivity contribution in [3.05, 3.63) is 22.4 Å². The van der Waals surface area contributed by atoms with Crippen LogP contribution in [0.4, 0.5) is 0 Å². The van der Waals surface area contributed by atoms with Crippen molar-refractivity contribution in [3.63, 3.8) is 0 Å². The third-order valence-electron chi connectivity index (χ3n) is 2.52. The lowest BCUT2D eigenvalue weighted by molar-refractivity contribution is 0.181. The quantitative estimate of drug-likeness (QED) is 0.737. The largest absolute Gasteiger partial charge is 0.385 e. The van der Waals surface area contributed by atoms with Gasteiger partial charge in [0.1, 0.15) is 0 Å². The molecular formula is C12H21NOS. The smallest absolute Gasteiger partial charge is 0.0477 e. The molecule has 0 saturated heterocycles. The van der Waals surface area contributed by atoms with E-state index in [9.17, 15) is 0 Å². The summed E-state index contributed by atoms with van der Waals surface area (Å²) in [4.78, 5) is 0. The Morgan fingerprint density at radius 3 is 2.93 bits per heavy atom. The molecule has 1 unspecified atom stereocenters. The zero-order valence-corrected chi connectivity index (χ0v) is 10.5. The molecule has 2 nitrogen and oxygen atoms in total. The highest BCUT2D eigenvalue weighted by atomic mass is 32.1. The van der Waals surface area contributed by atoms with Crippen molar-refractivity contribution in [3.8, 4) is 0 Å². The molecule has 0 saturated carbocycles. The van der Waals surface area contributed by atoms with Gasteiger partial charge in [0, 0.05) is 19.8 Å². The van der Waals surface area contributed by atoms with E-state index in [0.717, 1.165) is 19.6 Å². The van der Waals surface area contributed by atoms with Crippen molar-refractivity contribution in [1.29, 1.82) is 0 Å². The van der Waals surface area contributed by atoms with Crippen molar-refractivity contribution in [2.45, 2.75) is 32.2 Å². The molecule has 1 aromatic heterocycles. The Morgan fingerprint density at radius 1 is 1.47 bits per heavy atom. The Hall–Kier alpha value is -0.380. The number of thiophene rings is 1. The molecule has 0 aliphatic rings. The number of nitrogens with one attached hydrogen (secondary N) is 1. The van der Waals surface area contributed by atoms with Gasteiger partial charge in [-0.3, -0.25) is 0 Å². The second kappa shape index (κ2) is 7.85. The molecule has 1 heterocycles. The highest BCUT2D eigenvalue weighted by Crippen LogP contribution is 2.11. The number of hydrogen-bond acceptors (Lipinski definition) is 3. The van der Waals surface area contributed by atoms with E-state index in [1.165, 1.54) is 18.4 Å². The summed E-state index contributed by atoms with van der Waals surface area (Å²) in [6.45, 7) is 4.05. The highest BCUT2D eigenvalue weighted by molar-refractivity contribution is 7.07. The molecule has 0 amide bonds. The molecule has 3 heteroatoms. The van der Waals surface area contributed by atoms with E-state index in [2.05, 4.69) is 29.1 Å². The molecule has 0 radical (unpaired) electrons. The summed E-state index contributed by atoms with van der Waals surface area (Å²) in [5.74, 6) is 0. The van der Waals surface area contributed by atoms with Gasteiger partial charge >= 0.3 is 0 Å². The second-order valence-corrected chi connectivity index (χ2v) is 4.49. The molecule has 0 aliphatic carbocycles. The Balaban J connectivity index is 2.24. The van der Waals surface area contributed by atoms with Crippen LogP contribution in [-0.2, 0) is 11.2 Å². The Bertz CT molecular complexity index is 236. The van der Waals surface area contributed by atoms with Crippen LogP contribution in [0, 0.1) is 0 Å². The van der Waals surface area contributed by atoms with Gasteiger partial charge in [0.05, 0.1) is 0 Å². The number of hydrogen-bond donors (Lipinski definition) is 1. The lowest BCUT2D eigenvalue weighted by Crippen LogP contribution is -2.30. The molecule has 86 valence electrons. The topological polar surface area (TPSA) is 21.3 Å². The zero-order valence-electron chi connectivity index (χ0n) is 9.66. The second-order valence-electron chi connectivity index (χ2n) is 3.71. The standard InChI is InChI=1S/C12H21NOS/c1-3-13-12(6-8-14-2)5-4-11-7-9-15-10-11/h7,9-10,12-13H,3-6,8H2,1-2H3. The summed E-state index contributed by atoms with van der Waals surface area (Å²) in [5.41, 5.74) is 1.46. The fourth-order valence-corrected chi connectivity index (χ4v) is 2.38. The number of ether oxygens (including phenoxy) is 1. The molecule has 1 aromatic rings. The minimum absolute atomic E-state index is 0.592. The van der Waals surface area contributed by atoms with Crippen LogP contribution in [0.15, 0.2) is 16.8 Å². The van der Waals surface area contributed by atoms with E-state index >= 15 is 0 Å². The summed E-state index contributed by atoms with van der Waals surface area (Å²) >= 11 is 1.78. The van der Waals surface area contributed by atoms with Crippen LogP contribution < -0.4 is 5.32 Å². The Morgan fingerprint density at radius 2 is 2.33 bits per heavy atom. The van der Waals surface area contributed by atoms with E-state index in [4.69, 9.17) is 4.74 Å². The average Bonchev–Trinajstić information content (AvgIpc) is 2.75. The minimum Gasteiger partial charge on any atom is -0.385 e. The van der Waals surface area contributed by atoms with Crippen molar-refractivity contribution < 1.29 is 4.74 Å². The van der Waals surface area contributed by atoms with Gasteiger partial charge in [-0.2, -0.15) is 11.3 Å². The van der Waals surface area contributed by atoms with E-state index in [-0.39, 0.29) is 0 Å². The summed E-state index contributed by atoms with van der Waals surface area (Å²) in [7, 11) is 1.77. The first-order chi connectivity index (χ1) is 7.36. The van der Waals surface area contributed by atoms with E-state index in [1.54, 1.807) is 18.4 Å². The maximum atomic E-state index is 5.12. The predicted octanol–water partition coefficient (Wildman–Crippen LogP) is 2.70. The number of aryl methyl sites for hydroxylation is 1. The maximum Gasteiger partial charge on any atom is 0.0477 e. The van der Waals surface area contributed by atoms with Gasteiger partial charge in [-0.25, -0.2) is 0 Å². The maximum absolute atomic E-state index is 5.12. The lowest BCUT2D eigenvalue weighted by atomic mass is 10.1. The van der Waals surface area contributed by atoms with Crippen molar-refractivity contribution >= 4 is 11.3 Å². The molecular weight excluding hydrogens is 206 g/mol. The van der Waals surface area contributed by atoms with Crippen molar-refractivity contribution in [2.75, 3.05) is 20.3 Å². The van der Waals surface area contributed by atoms with Gasteiger partial charge in [0.2, 0.25) is 0 Å². The third kappa shape index (κ3) is 5.30. The Kier molecular flexibility index (Phi) is 6.64. The summed E-state index contributed by atoms with van der Waals surface area (Å²) in [6.07, 6.45) is 3.48. The normalized spacial score (nSPS) is 12.9. The van der Waals surface area contributed by atoms with Crippen LogP contribution in [0.2, 0.25) is 0 Å². The summed E-state index contributed by atoms with van der Waals surface area (Å²) < 4.78 is 5.12. The summed E-state index contributed by atoms with van der Waals surface area (Å²) in [6, 6.07) is 2.80. The zero-order chi connectivity index (χ0) is 10.9. The predicted molar refractivity (Wildman–Crippen MR) is 66.6 cm³/mol. The Labute approximate surface area is 96.7 Å². The van der Waals surface area contributed by atoms with Gasteiger partial charge in [-0.05, 0) is 48.2 Å². The molecule has 1 rings (SSSR count). The van der Waals surface area contributed by atoms with Crippen LogP contribution in [0.3, 0.4) is 0 Å². The minimum atomic E-state index is 0.592. The third-order valence-corrected chi connectivity index (χ3v) is 3.26. The first-order valence-electron chi connectivity index (χ1n) is 5.60. The SMILES string of the molecule is CCNC(CCOC)CCc1ccsc1. The number of methoxy groups -OCH3 is 1. The fourth-order valence-electron chi connectivity index (χ4n) is 1.67. The van der Waals surface area contributed by atoms with Crippen LogP contribution in [0.25, 0.3) is 0 Å². The van der Waals surface area contributed by atoms with E-state index in [1.807, 2.05) is 0 Å². The summed E-state index contributed by atoms with van der Waals surface area (Å²) in [5, 5.41) is 7.88. The van der Waals surface area contributed by atoms with Crippen molar-refractivity contribution in [2.24, 2.45) is 0 Å². The fraction of sp³-hybridized carbons (Fsp3) is 0.667. The van der Waals surface area contributed by atoms with E-state index in [0.29, 0.717) is 6.04 Å². The van der Waals surface area contributed by atoms with Gasteiger partial charge < -0.3 is 10.1 Å². The average molecular weight is 227 g/mol. The first-order valence-corrected chi connectivity index (χ1v) is 6.54. The molecule has 15 heavy (non-hydrogen) atoms. The molecule has 0 aliphatic heterocycles. The number of rotatable bonds is 8. The molecule has 0 aromatic carbocycles.